The summed E-state index contributed by atoms with van der Waals surface area (Å²) < 4.78 is 27.8. The molecule has 2 aromatic rings. The predicted octanol–water partition coefficient (Wildman–Crippen LogP) is 3.80. The standard InChI is InChI=1S/C20H28N4O2S2.HI/c1-2-21-20(23-16-18-10-8-14-27-18)22-15-17-9-4-5-11-19(17)28(25,26)24-12-6-3-7-13-24;/h4-5,8-11,14H,2-3,6-7,12-13,15-16H2,1H3,(H2,21,22,23);1H. The summed E-state index contributed by atoms with van der Waals surface area (Å²) in [7, 11) is -3.48. The van der Waals surface area contributed by atoms with Crippen LogP contribution in [0.4, 0.5) is 0 Å². The number of nitrogens with zero attached hydrogens (tertiary/aromatic N) is 2. The van der Waals surface area contributed by atoms with Crippen molar-refractivity contribution in [2.75, 3.05) is 19.6 Å². The van der Waals surface area contributed by atoms with E-state index in [0.29, 0.717) is 37.0 Å². The van der Waals surface area contributed by atoms with Gasteiger partial charge in [0.25, 0.3) is 0 Å². The average molecular weight is 549 g/mol. The fourth-order valence-corrected chi connectivity index (χ4v) is 5.60. The first-order valence-corrected chi connectivity index (χ1v) is 12.1. The van der Waals surface area contributed by atoms with Gasteiger partial charge in [0.1, 0.15) is 0 Å². The van der Waals surface area contributed by atoms with Crippen molar-refractivity contribution in [3.05, 3.63) is 52.2 Å². The van der Waals surface area contributed by atoms with Gasteiger partial charge in [0.2, 0.25) is 10.0 Å². The van der Waals surface area contributed by atoms with Crippen LogP contribution in [-0.2, 0) is 23.1 Å². The lowest BCUT2D eigenvalue weighted by Gasteiger charge is -2.26. The molecule has 0 spiro atoms. The molecular formula is C20H29IN4O2S2. The number of hydrogen-bond donors (Lipinski definition) is 2. The zero-order valence-electron chi connectivity index (χ0n) is 16.6. The van der Waals surface area contributed by atoms with E-state index in [9.17, 15) is 8.42 Å². The van der Waals surface area contributed by atoms with E-state index < -0.39 is 10.0 Å². The first-order chi connectivity index (χ1) is 13.6. The second kappa shape index (κ2) is 11.9. The monoisotopic (exact) mass is 548 g/mol. The van der Waals surface area contributed by atoms with Crippen molar-refractivity contribution < 1.29 is 8.42 Å². The average Bonchev–Trinajstić information content (AvgIpc) is 3.24. The van der Waals surface area contributed by atoms with E-state index in [2.05, 4.69) is 21.7 Å². The second-order valence-corrected chi connectivity index (χ2v) is 9.64. The van der Waals surface area contributed by atoms with Gasteiger partial charge in [-0.3, -0.25) is 0 Å². The van der Waals surface area contributed by atoms with Crippen LogP contribution in [0.3, 0.4) is 0 Å². The highest BCUT2D eigenvalue weighted by Gasteiger charge is 2.27. The predicted molar refractivity (Wildman–Crippen MR) is 130 cm³/mol. The molecule has 0 amide bonds. The quantitative estimate of drug-likeness (QED) is 0.314. The number of benzene rings is 1. The van der Waals surface area contributed by atoms with Gasteiger partial charge in [-0.15, -0.1) is 35.3 Å². The maximum atomic E-state index is 13.1. The molecule has 29 heavy (non-hydrogen) atoms. The lowest BCUT2D eigenvalue weighted by atomic mass is 10.2. The second-order valence-electron chi connectivity index (χ2n) is 6.70. The van der Waals surface area contributed by atoms with Gasteiger partial charge in [-0.1, -0.05) is 30.7 Å². The number of halogens is 1. The van der Waals surface area contributed by atoms with E-state index in [4.69, 9.17) is 0 Å². The van der Waals surface area contributed by atoms with Gasteiger partial charge < -0.3 is 10.6 Å². The molecule has 1 aliphatic heterocycles. The maximum absolute atomic E-state index is 13.1. The normalized spacial score (nSPS) is 15.6. The minimum absolute atomic E-state index is 0. The molecule has 2 N–H and O–H groups in total. The molecule has 0 unspecified atom stereocenters. The van der Waals surface area contributed by atoms with Crippen molar-refractivity contribution in [3.63, 3.8) is 0 Å². The number of piperidine rings is 1. The van der Waals surface area contributed by atoms with Crippen LogP contribution in [0.1, 0.15) is 36.6 Å². The molecule has 1 aliphatic rings. The van der Waals surface area contributed by atoms with Crippen molar-refractivity contribution in [2.45, 2.75) is 44.2 Å². The molecule has 0 bridgehead atoms. The summed E-state index contributed by atoms with van der Waals surface area (Å²) in [4.78, 5) is 6.21. The Kier molecular flexibility index (Phi) is 9.87. The fraction of sp³-hybridized carbons (Fsp3) is 0.450. The Morgan fingerprint density at radius 2 is 1.86 bits per heavy atom. The van der Waals surface area contributed by atoms with Crippen molar-refractivity contribution in [1.29, 1.82) is 0 Å². The van der Waals surface area contributed by atoms with Crippen LogP contribution in [0.15, 0.2) is 51.7 Å². The molecular weight excluding hydrogens is 519 g/mol. The van der Waals surface area contributed by atoms with E-state index in [1.807, 2.05) is 30.5 Å². The SMILES string of the molecule is CCNC(=NCc1ccccc1S(=O)(=O)N1CCCCC1)NCc1cccs1.I. The van der Waals surface area contributed by atoms with E-state index in [1.165, 1.54) is 4.88 Å². The lowest BCUT2D eigenvalue weighted by molar-refractivity contribution is 0.346. The third kappa shape index (κ3) is 6.66. The van der Waals surface area contributed by atoms with Crippen LogP contribution in [0.5, 0.6) is 0 Å². The number of sulfonamides is 1. The van der Waals surface area contributed by atoms with Gasteiger partial charge in [0.15, 0.2) is 5.96 Å². The number of thiophene rings is 1. The highest BCUT2D eigenvalue weighted by atomic mass is 127. The maximum Gasteiger partial charge on any atom is 0.243 e. The lowest BCUT2D eigenvalue weighted by Crippen LogP contribution is -2.37. The van der Waals surface area contributed by atoms with E-state index in [-0.39, 0.29) is 24.0 Å². The Morgan fingerprint density at radius 1 is 1.10 bits per heavy atom. The number of rotatable bonds is 7. The van der Waals surface area contributed by atoms with Crippen molar-refractivity contribution >= 4 is 51.3 Å². The molecule has 1 saturated heterocycles. The van der Waals surface area contributed by atoms with Crippen LogP contribution in [0, 0.1) is 0 Å². The van der Waals surface area contributed by atoms with E-state index >= 15 is 0 Å². The van der Waals surface area contributed by atoms with Crippen molar-refractivity contribution in [3.8, 4) is 0 Å². The Hall–Kier alpha value is -1.17. The van der Waals surface area contributed by atoms with Gasteiger partial charge in [0, 0.05) is 24.5 Å². The van der Waals surface area contributed by atoms with Crippen LogP contribution < -0.4 is 10.6 Å². The molecule has 0 atom stereocenters. The molecule has 2 heterocycles. The third-order valence-electron chi connectivity index (χ3n) is 4.67. The van der Waals surface area contributed by atoms with Crippen LogP contribution in [-0.4, -0.2) is 38.3 Å². The molecule has 9 heteroatoms. The van der Waals surface area contributed by atoms with Gasteiger partial charge >= 0.3 is 0 Å². The summed E-state index contributed by atoms with van der Waals surface area (Å²) in [5.74, 6) is 0.682. The zero-order valence-corrected chi connectivity index (χ0v) is 20.6. The number of hydrogen-bond acceptors (Lipinski definition) is 4. The molecule has 0 aliphatic carbocycles. The van der Waals surface area contributed by atoms with Crippen LogP contribution in [0.2, 0.25) is 0 Å². The minimum atomic E-state index is -3.48. The van der Waals surface area contributed by atoms with Crippen molar-refractivity contribution in [2.24, 2.45) is 4.99 Å². The summed E-state index contributed by atoms with van der Waals surface area (Å²) in [6, 6.07) is 11.3. The summed E-state index contributed by atoms with van der Waals surface area (Å²) >= 11 is 1.69. The number of guanidine groups is 1. The summed E-state index contributed by atoms with van der Waals surface area (Å²) in [6.45, 7) is 4.96. The molecule has 3 rings (SSSR count). The largest absolute Gasteiger partial charge is 0.357 e. The van der Waals surface area contributed by atoms with Crippen molar-refractivity contribution in [1.82, 2.24) is 14.9 Å². The third-order valence-corrected chi connectivity index (χ3v) is 7.54. The van der Waals surface area contributed by atoms with E-state index in [0.717, 1.165) is 31.4 Å². The topological polar surface area (TPSA) is 73.8 Å². The fourth-order valence-electron chi connectivity index (χ4n) is 3.22. The number of nitrogens with one attached hydrogen (secondary N) is 2. The van der Waals surface area contributed by atoms with Gasteiger partial charge in [-0.05, 0) is 42.8 Å². The first kappa shape index (κ1) is 24.1. The Bertz CT molecular complexity index is 880. The Balaban J connectivity index is 0.00000300. The Labute approximate surface area is 194 Å². The highest BCUT2D eigenvalue weighted by molar-refractivity contribution is 14.0. The minimum Gasteiger partial charge on any atom is -0.357 e. The summed E-state index contributed by atoms with van der Waals surface area (Å²) in [5.41, 5.74) is 0.724. The van der Waals surface area contributed by atoms with Crippen LogP contribution >= 0.6 is 35.3 Å². The van der Waals surface area contributed by atoms with Crippen LogP contribution in [0.25, 0.3) is 0 Å². The zero-order chi connectivity index (χ0) is 19.8. The molecule has 1 aromatic heterocycles. The summed E-state index contributed by atoms with van der Waals surface area (Å²) in [6.07, 6.45) is 2.95. The van der Waals surface area contributed by atoms with Gasteiger partial charge in [-0.2, -0.15) is 4.31 Å². The summed E-state index contributed by atoms with van der Waals surface area (Å²) in [5, 5.41) is 8.57. The molecule has 1 fully saturated rings. The van der Waals surface area contributed by atoms with Gasteiger partial charge in [-0.25, -0.2) is 13.4 Å². The Morgan fingerprint density at radius 3 is 2.55 bits per heavy atom. The van der Waals surface area contributed by atoms with Gasteiger partial charge in [0.05, 0.1) is 18.0 Å². The molecule has 0 radical (unpaired) electrons. The smallest absolute Gasteiger partial charge is 0.243 e. The molecule has 160 valence electrons. The molecule has 6 nitrogen and oxygen atoms in total. The first-order valence-electron chi connectivity index (χ1n) is 9.74. The molecule has 1 aromatic carbocycles. The number of aliphatic imine (C=N–C) groups is 1. The molecule has 0 saturated carbocycles. The highest BCUT2D eigenvalue weighted by Crippen LogP contribution is 2.24. The van der Waals surface area contributed by atoms with E-state index in [1.54, 1.807) is 27.8 Å².